The van der Waals surface area contributed by atoms with Crippen LogP contribution < -0.4 is 14.2 Å². The van der Waals surface area contributed by atoms with Gasteiger partial charge in [0.1, 0.15) is 23.9 Å². The van der Waals surface area contributed by atoms with E-state index < -0.39 is 0 Å². The SMILES string of the molecule is C=CCOc1ccc(C(=O)C=Cc2cc(OCCCC)c(CC=C)c(OCCCC)c2)cc1. The predicted octanol–water partition coefficient (Wildman–Crippen LogP) is 7.23. The van der Waals surface area contributed by atoms with Crippen molar-refractivity contribution < 1.29 is 19.0 Å². The third-order valence-corrected chi connectivity index (χ3v) is 4.98. The van der Waals surface area contributed by atoms with Gasteiger partial charge in [-0.1, -0.05) is 51.5 Å². The molecule has 0 heterocycles. The van der Waals surface area contributed by atoms with Crippen LogP contribution in [-0.4, -0.2) is 25.6 Å². The van der Waals surface area contributed by atoms with Crippen molar-refractivity contribution in [2.24, 2.45) is 0 Å². The van der Waals surface area contributed by atoms with Crippen molar-refractivity contribution in [1.29, 1.82) is 0 Å². The summed E-state index contributed by atoms with van der Waals surface area (Å²) in [5, 5.41) is 0. The molecule has 0 saturated carbocycles. The number of hydrogen-bond acceptors (Lipinski definition) is 4. The normalized spacial score (nSPS) is 10.7. The highest BCUT2D eigenvalue weighted by Crippen LogP contribution is 2.33. The van der Waals surface area contributed by atoms with Crippen molar-refractivity contribution in [2.45, 2.75) is 46.0 Å². The maximum absolute atomic E-state index is 12.7. The van der Waals surface area contributed by atoms with Crippen LogP contribution in [0.2, 0.25) is 0 Å². The van der Waals surface area contributed by atoms with E-state index in [1.54, 1.807) is 36.4 Å². The molecule has 33 heavy (non-hydrogen) atoms. The summed E-state index contributed by atoms with van der Waals surface area (Å²) >= 11 is 0. The quantitative estimate of drug-likeness (QED) is 0.118. The molecule has 0 amide bonds. The van der Waals surface area contributed by atoms with Crippen molar-refractivity contribution in [3.8, 4) is 17.2 Å². The lowest BCUT2D eigenvalue weighted by molar-refractivity contribution is 0.104. The van der Waals surface area contributed by atoms with Gasteiger partial charge in [-0.2, -0.15) is 0 Å². The Bertz CT molecular complexity index is 894. The maximum atomic E-state index is 12.7. The molecule has 0 fully saturated rings. The highest BCUT2D eigenvalue weighted by molar-refractivity contribution is 6.06. The van der Waals surface area contributed by atoms with E-state index in [1.807, 2.05) is 24.3 Å². The second-order valence-corrected chi connectivity index (χ2v) is 7.71. The number of rotatable bonds is 16. The monoisotopic (exact) mass is 448 g/mol. The second-order valence-electron chi connectivity index (χ2n) is 7.71. The third-order valence-electron chi connectivity index (χ3n) is 4.98. The second kappa shape index (κ2) is 14.7. The van der Waals surface area contributed by atoms with E-state index >= 15 is 0 Å². The number of unbranched alkanes of at least 4 members (excludes halogenated alkanes) is 2. The molecule has 2 aromatic rings. The number of hydrogen-bond donors (Lipinski definition) is 0. The van der Waals surface area contributed by atoms with E-state index in [-0.39, 0.29) is 5.78 Å². The summed E-state index contributed by atoms with van der Waals surface area (Å²) in [5.74, 6) is 2.19. The van der Waals surface area contributed by atoms with Crippen LogP contribution in [0.15, 0.2) is 67.8 Å². The van der Waals surface area contributed by atoms with Crippen molar-refractivity contribution in [3.05, 3.63) is 84.5 Å². The van der Waals surface area contributed by atoms with Crippen LogP contribution >= 0.6 is 0 Å². The Morgan fingerprint density at radius 3 is 2.00 bits per heavy atom. The average molecular weight is 449 g/mol. The van der Waals surface area contributed by atoms with E-state index in [1.165, 1.54) is 0 Å². The Morgan fingerprint density at radius 2 is 1.48 bits per heavy atom. The largest absolute Gasteiger partial charge is 0.493 e. The van der Waals surface area contributed by atoms with Gasteiger partial charge in [-0.05, 0) is 67.3 Å². The fourth-order valence-electron chi connectivity index (χ4n) is 3.13. The van der Waals surface area contributed by atoms with Crippen LogP contribution in [0.5, 0.6) is 17.2 Å². The van der Waals surface area contributed by atoms with Crippen LogP contribution in [-0.2, 0) is 6.42 Å². The molecule has 0 aliphatic heterocycles. The fraction of sp³-hybridized carbons (Fsp3) is 0.345. The molecule has 0 atom stereocenters. The zero-order valence-corrected chi connectivity index (χ0v) is 20.0. The van der Waals surface area contributed by atoms with Crippen molar-refractivity contribution in [1.82, 2.24) is 0 Å². The topological polar surface area (TPSA) is 44.8 Å². The Kier molecular flexibility index (Phi) is 11.6. The lowest BCUT2D eigenvalue weighted by Gasteiger charge is -2.17. The number of ketones is 1. The molecule has 0 aliphatic rings. The Labute approximate surface area is 198 Å². The number of ether oxygens (including phenoxy) is 3. The van der Waals surface area contributed by atoms with Crippen LogP contribution in [0.25, 0.3) is 6.08 Å². The van der Waals surface area contributed by atoms with E-state index in [0.29, 0.717) is 37.6 Å². The highest BCUT2D eigenvalue weighted by atomic mass is 16.5. The molecule has 0 N–H and O–H groups in total. The first kappa shape index (κ1) is 26.0. The summed E-state index contributed by atoms with van der Waals surface area (Å²) in [6.07, 6.45) is 11.7. The Morgan fingerprint density at radius 1 is 0.879 bits per heavy atom. The summed E-state index contributed by atoms with van der Waals surface area (Å²) in [7, 11) is 0. The number of allylic oxidation sites excluding steroid dienone is 2. The Hall–Kier alpha value is -3.27. The van der Waals surface area contributed by atoms with Gasteiger partial charge in [0.15, 0.2) is 5.78 Å². The summed E-state index contributed by atoms with van der Waals surface area (Å²) in [6.45, 7) is 13.5. The van der Waals surface area contributed by atoms with Crippen LogP contribution in [0.1, 0.15) is 61.0 Å². The van der Waals surface area contributed by atoms with Gasteiger partial charge in [0.25, 0.3) is 0 Å². The van der Waals surface area contributed by atoms with Crippen molar-refractivity contribution in [2.75, 3.05) is 19.8 Å². The first-order valence-corrected chi connectivity index (χ1v) is 11.7. The summed E-state index contributed by atoms with van der Waals surface area (Å²) in [6, 6.07) is 11.0. The molecule has 2 rings (SSSR count). The number of carbonyl (C=O) groups excluding carboxylic acids is 1. The number of carbonyl (C=O) groups is 1. The lowest BCUT2D eigenvalue weighted by Crippen LogP contribution is -2.05. The number of benzene rings is 2. The molecule has 176 valence electrons. The van der Waals surface area contributed by atoms with Gasteiger partial charge in [0, 0.05) is 11.1 Å². The molecular formula is C29H36O4. The van der Waals surface area contributed by atoms with Gasteiger partial charge >= 0.3 is 0 Å². The van der Waals surface area contributed by atoms with Gasteiger partial charge in [-0.3, -0.25) is 4.79 Å². The standard InChI is InChI=1S/C29H36O4/c1-5-9-19-32-28-21-23(22-29(26(28)11-7-3)33-20-10-6-2)12-17-27(30)24-13-15-25(16-14-24)31-18-8-4/h7-8,12-17,21-22H,3-6,9-11,18-20H2,1-2H3. The minimum Gasteiger partial charge on any atom is -0.493 e. The molecule has 0 aliphatic carbocycles. The molecule has 0 spiro atoms. The van der Waals surface area contributed by atoms with Gasteiger partial charge in [0.2, 0.25) is 0 Å². The first-order chi connectivity index (χ1) is 16.1. The van der Waals surface area contributed by atoms with Crippen LogP contribution in [0, 0.1) is 0 Å². The van der Waals surface area contributed by atoms with Crippen LogP contribution in [0.3, 0.4) is 0 Å². The Balaban J connectivity index is 2.26. The van der Waals surface area contributed by atoms with E-state index in [4.69, 9.17) is 14.2 Å². The summed E-state index contributed by atoms with van der Waals surface area (Å²) < 4.78 is 17.6. The van der Waals surface area contributed by atoms with E-state index in [2.05, 4.69) is 27.0 Å². The minimum absolute atomic E-state index is 0.0812. The smallest absolute Gasteiger partial charge is 0.185 e. The molecule has 4 heteroatoms. The molecule has 0 aromatic heterocycles. The van der Waals surface area contributed by atoms with Gasteiger partial charge < -0.3 is 14.2 Å². The minimum atomic E-state index is -0.0812. The molecular weight excluding hydrogens is 412 g/mol. The van der Waals surface area contributed by atoms with Gasteiger partial charge in [0.05, 0.1) is 13.2 Å². The zero-order chi connectivity index (χ0) is 23.9. The molecule has 0 unspecified atom stereocenters. The van der Waals surface area contributed by atoms with Crippen LogP contribution in [0.4, 0.5) is 0 Å². The molecule has 0 saturated heterocycles. The predicted molar refractivity (Wildman–Crippen MR) is 137 cm³/mol. The molecule has 4 nitrogen and oxygen atoms in total. The van der Waals surface area contributed by atoms with Crippen molar-refractivity contribution >= 4 is 11.9 Å². The lowest BCUT2D eigenvalue weighted by atomic mass is 10.0. The van der Waals surface area contributed by atoms with E-state index in [0.717, 1.165) is 48.3 Å². The third kappa shape index (κ3) is 8.64. The summed E-state index contributed by atoms with van der Waals surface area (Å²) in [5.41, 5.74) is 2.45. The average Bonchev–Trinajstić information content (AvgIpc) is 2.83. The fourth-order valence-corrected chi connectivity index (χ4v) is 3.13. The van der Waals surface area contributed by atoms with Crippen molar-refractivity contribution in [3.63, 3.8) is 0 Å². The first-order valence-electron chi connectivity index (χ1n) is 11.7. The van der Waals surface area contributed by atoms with Gasteiger partial charge in [-0.15, -0.1) is 6.58 Å². The summed E-state index contributed by atoms with van der Waals surface area (Å²) in [4.78, 5) is 12.7. The van der Waals surface area contributed by atoms with E-state index in [9.17, 15) is 4.79 Å². The molecule has 2 aromatic carbocycles. The zero-order valence-electron chi connectivity index (χ0n) is 20.0. The highest BCUT2D eigenvalue weighted by Gasteiger charge is 2.13. The molecule has 0 bridgehead atoms. The molecule has 0 radical (unpaired) electrons. The van der Waals surface area contributed by atoms with Gasteiger partial charge in [-0.25, -0.2) is 0 Å². The maximum Gasteiger partial charge on any atom is 0.185 e.